The van der Waals surface area contributed by atoms with Crippen molar-refractivity contribution in [1.82, 2.24) is 14.7 Å². The lowest BCUT2D eigenvalue weighted by Crippen LogP contribution is -2.18. The average molecular weight is 322 g/mol. The van der Waals surface area contributed by atoms with Crippen LogP contribution in [0.3, 0.4) is 0 Å². The van der Waals surface area contributed by atoms with Crippen LogP contribution in [0.1, 0.15) is 43.3 Å². The van der Waals surface area contributed by atoms with Crippen LogP contribution in [-0.2, 0) is 12.8 Å². The van der Waals surface area contributed by atoms with E-state index in [9.17, 15) is 0 Å². The molecule has 0 bridgehead atoms. The molecule has 0 aliphatic heterocycles. The maximum Gasteiger partial charge on any atom is 0.170 e. The minimum absolute atomic E-state index is 0.347. The highest BCUT2D eigenvalue weighted by Gasteiger charge is 2.11. The molecule has 0 aliphatic rings. The summed E-state index contributed by atoms with van der Waals surface area (Å²) < 4.78 is 5.40. The van der Waals surface area contributed by atoms with Gasteiger partial charge in [-0.05, 0) is 36.1 Å². The van der Waals surface area contributed by atoms with Gasteiger partial charge in [0.2, 0.25) is 0 Å². The van der Waals surface area contributed by atoms with Gasteiger partial charge in [-0.25, -0.2) is 4.98 Å². The molecule has 0 saturated carbocycles. The Kier molecular flexibility index (Phi) is 6.67. The van der Waals surface area contributed by atoms with Gasteiger partial charge in [-0.2, -0.15) is 4.37 Å². The molecular weight excluding hydrogens is 298 g/mol. The Balaban J connectivity index is 1.95. The molecule has 1 aromatic carbocycles. The lowest BCUT2D eigenvalue weighted by atomic mass is 10.0. The fourth-order valence-electron chi connectivity index (χ4n) is 2.15. The van der Waals surface area contributed by atoms with Crippen molar-refractivity contribution < 1.29 is 0 Å². The highest BCUT2D eigenvalue weighted by Crippen LogP contribution is 2.26. The van der Waals surface area contributed by atoms with Gasteiger partial charge in [-0.1, -0.05) is 56.3 Å². The first-order chi connectivity index (χ1) is 10.3. The zero-order valence-corrected chi connectivity index (χ0v) is 14.6. The number of thioether (sulfide) groups is 1. The molecule has 1 N–H and O–H groups in total. The van der Waals surface area contributed by atoms with E-state index in [-0.39, 0.29) is 0 Å². The number of aryl methyl sites for hydroxylation is 2. The summed E-state index contributed by atoms with van der Waals surface area (Å²) in [7, 11) is 2.02. The normalized spacial score (nSPS) is 12.5. The second-order valence-corrected chi connectivity index (χ2v) is 6.99. The maximum absolute atomic E-state index is 4.51. The van der Waals surface area contributed by atoms with E-state index >= 15 is 0 Å². The van der Waals surface area contributed by atoms with Crippen molar-refractivity contribution in [2.24, 2.45) is 0 Å². The molecule has 3 nitrogen and oxygen atoms in total. The molecule has 0 aliphatic carbocycles. The molecule has 0 fully saturated rings. The van der Waals surface area contributed by atoms with Crippen molar-refractivity contribution in [3.05, 3.63) is 41.2 Å². The predicted molar refractivity (Wildman–Crippen MR) is 92.2 cm³/mol. The zero-order chi connectivity index (χ0) is 15.1. The number of hydrogen-bond donors (Lipinski definition) is 1. The maximum atomic E-state index is 4.51. The van der Waals surface area contributed by atoms with Gasteiger partial charge in [0.25, 0.3) is 0 Å². The van der Waals surface area contributed by atoms with E-state index in [1.165, 1.54) is 29.1 Å². The van der Waals surface area contributed by atoms with Crippen molar-refractivity contribution >= 4 is 23.3 Å². The van der Waals surface area contributed by atoms with E-state index in [1.807, 2.05) is 7.05 Å². The van der Waals surface area contributed by atoms with Gasteiger partial charge in [0.15, 0.2) is 4.34 Å². The van der Waals surface area contributed by atoms with Crippen LogP contribution in [0.4, 0.5) is 0 Å². The molecular formula is C16H23N3S2. The summed E-state index contributed by atoms with van der Waals surface area (Å²) in [6.07, 6.45) is 3.26. The van der Waals surface area contributed by atoms with E-state index in [4.69, 9.17) is 0 Å². The van der Waals surface area contributed by atoms with Crippen LogP contribution in [0.5, 0.6) is 0 Å². The minimum Gasteiger partial charge on any atom is -0.312 e. The minimum atomic E-state index is 0.347. The molecule has 0 spiro atoms. The van der Waals surface area contributed by atoms with Crippen LogP contribution in [0.15, 0.2) is 28.6 Å². The molecule has 2 rings (SSSR count). The fraction of sp³-hybridized carbons (Fsp3) is 0.500. The summed E-state index contributed by atoms with van der Waals surface area (Å²) in [5.74, 6) is 1.93. The van der Waals surface area contributed by atoms with Crippen LogP contribution in [0, 0.1) is 0 Å². The summed E-state index contributed by atoms with van der Waals surface area (Å²) in [5.41, 5.74) is 2.76. The lowest BCUT2D eigenvalue weighted by Gasteiger charge is -2.16. The van der Waals surface area contributed by atoms with Crippen molar-refractivity contribution in [3.8, 4) is 0 Å². The van der Waals surface area contributed by atoms with Crippen LogP contribution in [0.25, 0.3) is 0 Å². The Bertz CT molecular complexity index is 537. The highest BCUT2D eigenvalue weighted by molar-refractivity contribution is 8.00. The summed E-state index contributed by atoms with van der Waals surface area (Å²) >= 11 is 3.29. The summed E-state index contributed by atoms with van der Waals surface area (Å²) in [4.78, 5) is 4.51. The lowest BCUT2D eigenvalue weighted by molar-refractivity contribution is 0.661. The molecule has 5 heteroatoms. The van der Waals surface area contributed by atoms with Crippen molar-refractivity contribution in [2.75, 3.05) is 12.8 Å². The molecule has 0 radical (unpaired) electrons. The summed E-state index contributed by atoms with van der Waals surface area (Å²) in [5, 5.41) is 3.40. The van der Waals surface area contributed by atoms with Gasteiger partial charge in [-0.3, -0.25) is 0 Å². The number of benzene rings is 1. The Morgan fingerprint density at radius 3 is 2.57 bits per heavy atom. The number of aromatic nitrogens is 2. The Labute approximate surface area is 135 Å². The molecule has 0 amide bonds. The molecule has 0 saturated heterocycles. The SMILES string of the molecule is CCCc1ccc(C(CSc2nc(CC)ns2)NC)cc1. The molecule has 1 unspecified atom stereocenters. The van der Waals surface area contributed by atoms with Crippen LogP contribution in [0.2, 0.25) is 0 Å². The zero-order valence-electron chi connectivity index (χ0n) is 12.9. The number of hydrogen-bond acceptors (Lipinski definition) is 5. The van der Waals surface area contributed by atoms with Crippen LogP contribution < -0.4 is 5.32 Å². The quantitative estimate of drug-likeness (QED) is 0.743. The molecule has 1 atom stereocenters. The van der Waals surface area contributed by atoms with E-state index in [1.54, 1.807) is 11.8 Å². The van der Waals surface area contributed by atoms with Gasteiger partial charge < -0.3 is 5.32 Å². The largest absolute Gasteiger partial charge is 0.312 e. The predicted octanol–water partition coefficient (Wildman–Crippen LogP) is 4.11. The molecule has 1 heterocycles. The molecule has 21 heavy (non-hydrogen) atoms. The molecule has 1 aromatic heterocycles. The third-order valence-electron chi connectivity index (χ3n) is 3.41. The van der Waals surface area contributed by atoms with E-state index in [0.717, 1.165) is 28.8 Å². The first kappa shape index (κ1) is 16.5. The number of nitrogens with zero attached hydrogens (tertiary/aromatic N) is 2. The monoisotopic (exact) mass is 321 g/mol. The Morgan fingerprint density at radius 1 is 1.24 bits per heavy atom. The smallest absolute Gasteiger partial charge is 0.170 e. The Hall–Kier alpha value is -0.910. The summed E-state index contributed by atoms with van der Waals surface area (Å²) in [6.45, 7) is 4.30. The fourth-order valence-corrected chi connectivity index (χ4v) is 4.01. The molecule has 2 aromatic rings. The van der Waals surface area contributed by atoms with Gasteiger partial charge >= 0.3 is 0 Å². The van der Waals surface area contributed by atoms with Gasteiger partial charge in [-0.15, -0.1) is 0 Å². The number of nitrogens with one attached hydrogen (secondary N) is 1. The van der Waals surface area contributed by atoms with Crippen molar-refractivity contribution in [2.45, 2.75) is 43.5 Å². The van der Waals surface area contributed by atoms with Gasteiger partial charge in [0.05, 0.1) is 0 Å². The van der Waals surface area contributed by atoms with Crippen molar-refractivity contribution in [3.63, 3.8) is 0 Å². The standard InChI is InChI=1S/C16H23N3S2/c1-4-6-12-7-9-13(10-8-12)14(17-3)11-20-16-18-15(5-2)19-21-16/h7-10,14,17H,4-6,11H2,1-3H3. The first-order valence-electron chi connectivity index (χ1n) is 7.48. The Morgan fingerprint density at radius 2 is 2.00 bits per heavy atom. The second kappa shape index (κ2) is 8.51. The van der Waals surface area contributed by atoms with Gasteiger partial charge in [0, 0.05) is 18.2 Å². The van der Waals surface area contributed by atoms with E-state index in [0.29, 0.717) is 6.04 Å². The highest BCUT2D eigenvalue weighted by atomic mass is 32.2. The first-order valence-corrected chi connectivity index (χ1v) is 9.24. The third-order valence-corrected chi connectivity index (χ3v) is 5.37. The van der Waals surface area contributed by atoms with Crippen LogP contribution in [-0.4, -0.2) is 22.2 Å². The average Bonchev–Trinajstić information content (AvgIpc) is 2.98. The summed E-state index contributed by atoms with van der Waals surface area (Å²) in [6, 6.07) is 9.32. The van der Waals surface area contributed by atoms with Gasteiger partial charge in [0.1, 0.15) is 5.82 Å². The third kappa shape index (κ3) is 4.80. The van der Waals surface area contributed by atoms with Crippen LogP contribution >= 0.6 is 23.3 Å². The molecule has 114 valence electrons. The van der Waals surface area contributed by atoms with Crippen molar-refractivity contribution in [1.29, 1.82) is 0 Å². The van der Waals surface area contributed by atoms with E-state index < -0.39 is 0 Å². The topological polar surface area (TPSA) is 37.8 Å². The number of rotatable bonds is 8. The van der Waals surface area contributed by atoms with E-state index in [2.05, 4.69) is 52.8 Å². The second-order valence-electron chi connectivity index (χ2n) is 4.97.